The lowest BCUT2D eigenvalue weighted by atomic mass is 9.73. The fourth-order valence-electron chi connectivity index (χ4n) is 5.02. The third-order valence-electron chi connectivity index (χ3n) is 7.32. The Morgan fingerprint density at radius 3 is 1.30 bits per heavy atom. The van der Waals surface area contributed by atoms with Crippen LogP contribution in [0.1, 0.15) is 142 Å². The van der Waals surface area contributed by atoms with E-state index < -0.39 is 7.82 Å². The number of phosphoric acid groups is 1. The first-order valence-electron chi connectivity index (χ1n) is 13.7. The topological polar surface area (TPSA) is 55.8 Å². The normalized spacial score (nSPS) is 20.8. The molecule has 0 saturated carbocycles. The maximum atomic E-state index is 13.6. The third-order valence-corrected chi connectivity index (χ3v) is 8.15. The molecule has 1 aliphatic rings. The van der Waals surface area contributed by atoms with Crippen LogP contribution < -0.4 is 9.05 Å². The second kappa shape index (κ2) is 9.45. The average molecular weight is 529 g/mol. The Kier molecular flexibility index (Phi) is 7.61. The summed E-state index contributed by atoms with van der Waals surface area (Å²) in [6.07, 6.45) is 1.83. The summed E-state index contributed by atoms with van der Waals surface area (Å²) >= 11 is 0. The molecule has 3 rings (SSSR count). The molecule has 0 bridgehead atoms. The summed E-state index contributed by atoms with van der Waals surface area (Å²) in [5, 5.41) is 0. The minimum Gasteiger partial charge on any atom is -0.395 e. The lowest BCUT2D eigenvalue weighted by Gasteiger charge is -2.36. The maximum absolute atomic E-state index is 13.6. The Bertz CT molecular complexity index is 1120. The summed E-state index contributed by atoms with van der Waals surface area (Å²) in [5.41, 5.74) is 5.41. The number of phosphoric ester groups is 1. The average Bonchev–Trinajstić information content (AvgIpc) is 2.67. The number of fused-ring (bicyclic) bond motifs is 2. The molecule has 1 aliphatic heterocycles. The van der Waals surface area contributed by atoms with Gasteiger partial charge in [-0.2, -0.15) is 0 Å². The molecule has 206 valence electrons. The van der Waals surface area contributed by atoms with Gasteiger partial charge in [0.2, 0.25) is 0 Å². The van der Waals surface area contributed by atoms with Crippen LogP contribution in [0.3, 0.4) is 0 Å². The lowest BCUT2D eigenvalue weighted by molar-refractivity contribution is 0.279. The van der Waals surface area contributed by atoms with Crippen molar-refractivity contribution in [3.8, 4) is 11.5 Å². The minimum atomic E-state index is -4.47. The Hall–Kier alpha value is -1.77. The molecule has 0 amide bonds. The van der Waals surface area contributed by atoms with Gasteiger partial charge in [-0.3, -0.25) is 4.89 Å². The van der Waals surface area contributed by atoms with Gasteiger partial charge in [-0.15, -0.1) is 0 Å². The first kappa shape index (κ1) is 29.8. The SMILES string of the molecule is CCCC1c2cc(C(C)(C)C)cc(C(C)(C)C)c2OP(=O)(O)Oc2c1cc(C(C)(C)C)cc2C(C)(C)C. The Balaban J connectivity index is 2.57. The smallest absolute Gasteiger partial charge is 0.395 e. The molecule has 0 atom stereocenters. The minimum absolute atomic E-state index is 0.0397. The highest BCUT2D eigenvalue weighted by molar-refractivity contribution is 7.48. The van der Waals surface area contributed by atoms with Crippen LogP contribution in [-0.4, -0.2) is 4.89 Å². The van der Waals surface area contributed by atoms with Gasteiger partial charge in [0.25, 0.3) is 0 Å². The molecule has 0 fully saturated rings. The number of hydrogen-bond acceptors (Lipinski definition) is 3. The summed E-state index contributed by atoms with van der Waals surface area (Å²) in [6.45, 7) is 28.2. The van der Waals surface area contributed by atoms with Gasteiger partial charge in [-0.25, -0.2) is 4.57 Å². The molecule has 0 unspecified atom stereocenters. The molecule has 2 aromatic rings. The molecule has 0 saturated heterocycles. The van der Waals surface area contributed by atoms with Gasteiger partial charge in [0.05, 0.1) is 0 Å². The van der Waals surface area contributed by atoms with E-state index in [-0.39, 0.29) is 27.6 Å². The van der Waals surface area contributed by atoms with E-state index in [0.717, 1.165) is 35.1 Å². The van der Waals surface area contributed by atoms with Crippen molar-refractivity contribution in [1.29, 1.82) is 0 Å². The monoisotopic (exact) mass is 528 g/mol. The second-order valence-corrected chi connectivity index (χ2v) is 16.2. The Morgan fingerprint density at radius 2 is 1.03 bits per heavy atom. The molecule has 0 aliphatic carbocycles. The zero-order chi connectivity index (χ0) is 28.4. The molecular weight excluding hydrogens is 479 g/mol. The van der Waals surface area contributed by atoms with Crippen molar-refractivity contribution in [2.24, 2.45) is 0 Å². The van der Waals surface area contributed by atoms with Crippen LogP contribution in [-0.2, 0) is 26.2 Å². The van der Waals surface area contributed by atoms with Crippen molar-refractivity contribution in [1.82, 2.24) is 0 Å². The van der Waals surface area contributed by atoms with Gasteiger partial charge < -0.3 is 9.05 Å². The molecule has 5 heteroatoms. The highest BCUT2D eigenvalue weighted by Crippen LogP contribution is 2.58. The Morgan fingerprint density at radius 1 is 0.676 bits per heavy atom. The standard InChI is InChI=1S/C32H49O4P/c1-14-15-22-23-16-20(29(2,3)4)18-25(31(8,9)10)27(23)35-37(33,34)36-28-24(22)17-21(30(5,6)7)19-26(28)32(11,12)13/h16-19,22H,14-15H2,1-13H3,(H,33,34). The van der Waals surface area contributed by atoms with Crippen molar-refractivity contribution in [2.45, 2.75) is 130 Å². The summed E-state index contributed by atoms with van der Waals surface area (Å²) in [6, 6.07) is 8.72. The highest BCUT2D eigenvalue weighted by atomic mass is 31.2. The first-order valence-corrected chi connectivity index (χ1v) is 15.2. The van der Waals surface area contributed by atoms with Gasteiger partial charge in [0.15, 0.2) is 0 Å². The van der Waals surface area contributed by atoms with Gasteiger partial charge in [-0.1, -0.05) is 121 Å². The van der Waals surface area contributed by atoms with Crippen LogP contribution >= 0.6 is 7.82 Å². The zero-order valence-corrected chi connectivity index (χ0v) is 26.3. The van der Waals surface area contributed by atoms with E-state index >= 15 is 0 Å². The predicted octanol–water partition coefficient (Wildman–Crippen LogP) is 9.68. The number of rotatable bonds is 2. The lowest BCUT2D eigenvalue weighted by Crippen LogP contribution is -2.24. The van der Waals surface area contributed by atoms with E-state index in [1.165, 1.54) is 11.1 Å². The van der Waals surface area contributed by atoms with Crippen molar-refractivity contribution in [2.75, 3.05) is 0 Å². The van der Waals surface area contributed by atoms with Crippen molar-refractivity contribution in [3.63, 3.8) is 0 Å². The van der Waals surface area contributed by atoms with Gasteiger partial charge in [0.1, 0.15) is 11.5 Å². The van der Waals surface area contributed by atoms with Crippen molar-refractivity contribution < 1.29 is 18.5 Å². The molecule has 0 radical (unpaired) electrons. The van der Waals surface area contributed by atoms with E-state index in [1.54, 1.807) is 0 Å². The van der Waals surface area contributed by atoms with Crippen LogP contribution in [0.25, 0.3) is 0 Å². The summed E-state index contributed by atoms with van der Waals surface area (Å²) in [4.78, 5) is 11.1. The molecule has 1 heterocycles. The quantitative estimate of drug-likeness (QED) is 0.394. The van der Waals surface area contributed by atoms with E-state index in [1.807, 2.05) is 0 Å². The van der Waals surface area contributed by atoms with Crippen LogP contribution in [0.4, 0.5) is 0 Å². The molecule has 2 aromatic carbocycles. The van der Waals surface area contributed by atoms with Crippen LogP contribution in [0.2, 0.25) is 0 Å². The summed E-state index contributed by atoms with van der Waals surface area (Å²) in [7, 11) is -4.47. The van der Waals surface area contributed by atoms with Gasteiger partial charge in [0, 0.05) is 28.2 Å². The second-order valence-electron chi connectivity index (χ2n) is 14.9. The molecule has 37 heavy (non-hydrogen) atoms. The number of hydrogen-bond donors (Lipinski definition) is 1. The van der Waals surface area contributed by atoms with Gasteiger partial charge >= 0.3 is 7.82 Å². The van der Waals surface area contributed by atoms with Crippen molar-refractivity contribution in [3.05, 3.63) is 57.6 Å². The zero-order valence-electron chi connectivity index (χ0n) is 25.4. The van der Waals surface area contributed by atoms with Crippen LogP contribution in [0.5, 0.6) is 11.5 Å². The van der Waals surface area contributed by atoms with Crippen molar-refractivity contribution >= 4 is 7.82 Å². The molecule has 4 nitrogen and oxygen atoms in total. The largest absolute Gasteiger partial charge is 0.584 e. The number of benzene rings is 2. The van der Waals surface area contributed by atoms with Crippen LogP contribution in [0.15, 0.2) is 24.3 Å². The molecule has 0 aromatic heterocycles. The van der Waals surface area contributed by atoms with E-state index in [2.05, 4.69) is 114 Å². The van der Waals surface area contributed by atoms with Gasteiger partial charge in [-0.05, 0) is 39.2 Å². The van der Waals surface area contributed by atoms with E-state index in [0.29, 0.717) is 11.5 Å². The fourth-order valence-corrected chi connectivity index (χ4v) is 5.93. The maximum Gasteiger partial charge on any atom is 0.584 e. The highest BCUT2D eigenvalue weighted by Gasteiger charge is 2.40. The van der Waals surface area contributed by atoms with E-state index in [4.69, 9.17) is 9.05 Å². The predicted molar refractivity (Wildman–Crippen MR) is 156 cm³/mol. The first-order chi connectivity index (χ1) is 16.6. The van der Waals surface area contributed by atoms with E-state index in [9.17, 15) is 9.46 Å². The Labute approximate surface area is 225 Å². The summed E-state index contributed by atoms with van der Waals surface area (Å²) in [5.74, 6) is 0.949. The third kappa shape index (κ3) is 6.28. The summed E-state index contributed by atoms with van der Waals surface area (Å²) < 4.78 is 25.7. The van der Waals surface area contributed by atoms with Crippen LogP contribution in [0, 0.1) is 0 Å². The molecule has 1 N–H and O–H groups in total. The fraction of sp³-hybridized carbons (Fsp3) is 0.625. The molecular formula is C32H49O4P. The molecule has 0 spiro atoms.